The summed E-state index contributed by atoms with van der Waals surface area (Å²) in [6.45, 7) is 0.695. The lowest BCUT2D eigenvalue weighted by atomic mass is 10.1. The standard InChI is InChI=1S/C10H16N2O/c1-12(13-2)8-10(11)9-6-4-3-5-7-9/h3-7,10H,8,11H2,1-2H3. The zero-order valence-electron chi connectivity index (χ0n) is 8.10. The highest BCUT2D eigenvalue weighted by atomic mass is 16.7. The van der Waals surface area contributed by atoms with Gasteiger partial charge < -0.3 is 10.6 Å². The van der Waals surface area contributed by atoms with Gasteiger partial charge in [-0.2, -0.15) is 5.06 Å². The molecule has 0 aromatic heterocycles. The molecular weight excluding hydrogens is 164 g/mol. The zero-order chi connectivity index (χ0) is 9.68. The summed E-state index contributed by atoms with van der Waals surface area (Å²) in [5.74, 6) is 0. The maximum atomic E-state index is 5.95. The van der Waals surface area contributed by atoms with Crippen LogP contribution in [0.3, 0.4) is 0 Å². The van der Waals surface area contributed by atoms with Gasteiger partial charge in [-0.05, 0) is 5.56 Å². The fourth-order valence-corrected chi connectivity index (χ4v) is 1.16. The summed E-state index contributed by atoms with van der Waals surface area (Å²) in [6, 6.07) is 10.0. The molecule has 0 heterocycles. The SMILES string of the molecule is CON(C)CC(N)c1ccccc1. The van der Waals surface area contributed by atoms with Gasteiger partial charge in [0, 0.05) is 19.6 Å². The number of hydrogen-bond acceptors (Lipinski definition) is 3. The maximum absolute atomic E-state index is 5.95. The minimum Gasteiger partial charge on any atom is -0.323 e. The molecule has 0 saturated heterocycles. The van der Waals surface area contributed by atoms with Crippen LogP contribution < -0.4 is 5.73 Å². The number of hydroxylamine groups is 2. The minimum atomic E-state index is 0.00569. The van der Waals surface area contributed by atoms with Crippen molar-refractivity contribution in [3.8, 4) is 0 Å². The van der Waals surface area contributed by atoms with Crippen molar-refractivity contribution >= 4 is 0 Å². The second-order valence-corrected chi connectivity index (χ2v) is 3.01. The summed E-state index contributed by atoms with van der Waals surface area (Å²) in [7, 11) is 3.50. The Morgan fingerprint density at radius 1 is 1.38 bits per heavy atom. The third-order valence-electron chi connectivity index (χ3n) is 1.99. The Kier molecular flexibility index (Phi) is 3.89. The van der Waals surface area contributed by atoms with E-state index in [1.54, 1.807) is 12.2 Å². The van der Waals surface area contributed by atoms with Crippen LogP contribution in [0.15, 0.2) is 30.3 Å². The average molecular weight is 180 g/mol. The van der Waals surface area contributed by atoms with Crippen molar-refractivity contribution in [3.05, 3.63) is 35.9 Å². The van der Waals surface area contributed by atoms with E-state index in [-0.39, 0.29) is 6.04 Å². The van der Waals surface area contributed by atoms with E-state index in [1.165, 1.54) is 0 Å². The fraction of sp³-hybridized carbons (Fsp3) is 0.400. The van der Waals surface area contributed by atoms with Gasteiger partial charge in [0.05, 0.1) is 7.11 Å². The highest BCUT2D eigenvalue weighted by molar-refractivity contribution is 5.18. The second kappa shape index (κ2) is 4.97. The van der Waals surface area contributed by atoms with Gasteiger partial charge in [0.25, 0.3) is 0 Å². The van der Waals surface area contributed by atoms with Gasteiger partial charge in [-0.25, -0.2) is 0 Å². The molecule has 0 fully saturated rings. The predicted molar refractivity (Wildman–Crippen MR) is 53.0 cm³/mol. The molecule has 0 saturated carbocycles. The molecule has 72 valence electrons. The van der Waals surface area contributed by atoms with E-state index in [2.05, 4.69) is 0 Å². The van der Waals surface area contributed by atoms with Crippen LogP contribution in [0.2, 0.25) is 0 Å². The zero-order valence-corrected chi connectivity index (χ0v) is 8.10. The third-order valence-corrected chi connectivity index (χ3v) is 1.99. The number of hydrogen-bond donors (Lipinski definition) is 1. The van der Waals surface area contributed by atoms with Crippen LogP contribution in [-0.4, -0.2) is 25.8 Å². The van der Waals surface area contributed by atoms with Crippen LogP contribution in [0.1, 0.15) is 11.6 Å². The summed E-state index contributed by atoms with van der Waals surface area (Å²) in [6.07, 6.45) is 0. The number of nitrogens with two attached hydrogens (primary N) is 1. The van der Waals surface area contributed by atoms with Crippen LogP contribution in [0.5, 0.6) is 0 Å². The molecule has 0 radical (unpaired) electrons. The molecule has 1 rings (SSSR count). The van der Waals surface area contributed by atoms with Gasteiger partial charge in [-0.3, -0.25) is 0 Å². The Hall–Kier alpha value is -0.900. The molecule has 3 nitrogen and oxygen atoms in total. The molecule has 0 aliphatic heterocycles. The lowest BCUT2D eigenvalue weighted by Crippen LogP contribution is -2.28. The summed E-state index contributed by atoms with van der Waals surface area (Å²) in [5.41, 5.74) is 7.08. The van der Waals surface area contributed by atoms with E-state index in [4.69, 9.17) is 10.6 Å². The number of likely N-dealkylation sites (N-methyl/N-ethyl adjacent to an activating group) is 1. The molecule has 3 heteroatoms. The number of rotatable bonds is 4. The van der Waals surface area contributed by atoms with E-state index in [9.17, 15) is 0 Å². The van der Waals surface area contributed by atoms with Gasteiger partial charge in [0.15, 0.2) is 0 Å². The fourth-order valence-electron chi connectivity index (χ4n) is 1.16. The van der Waals surface area contributed by atoms with E-state index in [1.807, 2.05) is 37.4 Å². The summed E-state index contributed by atoms with van der Waals surface area (Å²) in [4.78, 5) is 5.00. The van der Waals surface area contributed by atoms with Gasteiger partial charge in [0.1, 0.15) is 0 Å². The smallest absolute Gasteiger partial charge is 0.0575 e. The van der Waals surface area contributed by atoms with Crippen molar-refractivity contribution in [3.63, 3.8) is 0 Å². The van der Waals surface area contributed by atoms with Crippen LogP contribution in [0, 0.1) is 0 Å². The van der Waals surface area contributed by atoms with Crippen molar-refractivity contribution < 1.29 is 4.84 Å². The summed E-state index contributed by atoms with van der Waals surface area (Å²) in [5, 5.41) is 1.72. The average Bonchev–Trinajstić information content (AvgIpc) is 2.19. The quantitative estimate of drug-likeness (QED) is 0.707. The van der Waals surface area contributed by atoms with Crippen LogP contribution in [0.4, 0.5) is 0 Å². The molecule has 2 N–H and O–H groups in total. The molecule has 1 aromatic carbocycles. The molecule has 0 amide bonds. The molecule has 0 bridgehead atoms. The van der Waals surface area contributed by atoms with Crippen molar-refractivity contribution in [2.75, 3.05) is 20.7 Å². The first kappa shape index (κ1) is 10.2. The van der Waals surface area contributed by atoms with Crippen molar-refractivity contribution in [2.24, 2.45) is 5.73 Å². The molecular formula is C10H16N2O. The van der Waals surface area contributed by atoms with E-state index in [0.29, 0.717) is 6.54 Å². The largest absolute Gasteiger partial charge is 0.323 e. The number of benzene rings is 1. The van der Waals surface area contributed by atoms with Crippen molar-refractivity contribution in [2.45, 2.75) is 6.04 Å². The van der Waals surface area contributed by atoms with Gasteiger partial charge in [0.2, 0.25) is 0 Å². The van der Waals surface area contributed by atoms with Crippen LogP contribution in [0.25, 0.3) is 0 Å². The molecule has 0 spiro atoms. The van der Waals surface area contributed by atoms with E-state index < -0.39 is 0 Å². The Morgan fingerprint density at radius 3 is 2.54 bits per heavy atom. The minimum absolute atomic E-state index is 0.00569. The van der Waals surface area contributed by atoms with Crippen LogP contribution in [-0.2, 0) is 4.84 Å². The Bertz CT molecular complexity index is 238. The lowest BCUT2D eigenvalue weighted by Gasteiger charge is -2.18. The Labute approximate surface area is 79.1 Å². The Morgan fingerprint density at radius 2 is 2.00 bits per heavy atom. The van der Waals surface area contributed by atoms with Gasteiger partial charge in [-0.1, -0.05) is 30.3 Å². The van der Waals surface area contributed by atoms with Crippen LogP contribution >= 0.6 is 0 Å². The van der Waals surface area contributed by atoms with E-state index in [0.717, 1.165) is 5.56 Å². The molecule has 0 aliphatic carbocycles. The first-order valence-corrected chi connectivity index (χ1v) is 4.30. The van der Waals surface area contributed by atoms with Gasteiger partial charge in [-0.15, -0.1) is 0 Å². The monoisotopic (exact) mass is 180 g/mol. The lowest BCUT2D eigenvalue weighted by molar-refractivity contribution is -0.112. The van der Waals surface area contributed by atoms with E-state index >= 15 is 0 Å². The predicted octanol–water partition coefficient (Wildman–Crippen LogP) is 1.18. The summed E-state index contributed by atoms with van der Waals surface area (Å²) >= 11 is 0. The van der Waals surface area contributed by atoms with Crippen molar-refractivity contribution in [1.29, 1.82) is 0 Å². The highest BCUT2D eigenvalue weighted by Gasteiger charge is 2.07. The second-order valence-electron chi connectivity index (χ2n) is 3.01. The maximum Gasteiger partial charge on any atom is 0.0575 e. The van der Waals surface area contributed by atoms with Crippen molar-refractivity contribution in [1.82, 2.24) is 5.06 Å². The molecule has 0 aliphatic rings. The molecule has 13 heavy (non-hydrogen) atoms. The number of nitrogens with zero attached hydrogens (tertiary/aromatic N) is 1. The molecule has 1 unspecified atom stereocenters. The van der Waals surface area contributed by atoms with Gasteiger partial charge >= 0.3 is 0 Å². The molecule has 1 atom stereocenters. The summed E-state index contributed by atoms with van der Waals surface area (Å²) < 4.78 is 0. The molecule has 1 aromatic rings. The normalized spacial score (nSPS) is 13.2. The first-order valence-electron chi connectivity index (χ1n) is 4.30. The first-order chi connectivity index (χ1) is 6.24. The highest BCUT2D eigenvalue weighted by Crippen LogP contribution is 2.09. The Balaban J connectivity index is 2.53. The third kappa shape index (κ3) is 3.14. The topological polar surface area (TPSA) is 38.5 Å².